The lowest BCUT2D eigenvalue weighted by atomic mass is 10.2. The first kappa shape index (κ1) is 14.3. The van der Waals surface area contributed by atoms with Crippen molar-refractivity contribution in [3.05, 3.63) is 22.2 Å². The number of halogens is 1. The summed E-state index contributed by atoms with van der Waals surface area (Å²) in [5.74, 6) is 0.566. The molecular formula is C12H18BrNO3. The number of nitrogens with zero attached hydrogens (tertiary/aromatic N) is 1. The number of hydrogen-bond donors (Lipinski definition) is 2. The van der Waals surface area contributed by atoms with Crippen molar-refractivity contribution >= 4 is 15.9 Å². The highest BCUT2D eigenvalue weighted by molar-refractivity contribution is 9.10. The average Bonchev–Trinajstić information content (AvgIpc) is 2.32. The lowest BCUT2D eigenvalue weighted by Gasteiger charge is -2.19. The summed E-state index contributed by atoms with van der Waals surface area (Å²) in [4.78, 5) is 2.11. The van der Waals surface area contributed by atoms with Gasteiger partial charge >= 0.3 is 0 Å². The molecule has 0 aliphatic rings. The maximum absolute atomic E-state index is 9.69. The second-order valence-electron chi connectivity index (χ2n) is 3.72. The second-order valence-corrected chi connectivity index (χ2v) is 4.58. The van der Waals surface area contributed by atoms with Crippen LogP contribution in [0, 0.1) is 0 Å². The van der Waals surface area contributed by atoms with Crippen molar-refractivity contribution in [2.45, 2.75) is 13.5 Å². The summed E-state index contributed by atoms with van der Waals surface area (Å²) in [7, 11) is 1.52. The topological polar surface area (TPSA) is 52.9 Å². The van der Waals surface area contributed by atoms with E-state index in [4.69, 9.17) is 9.84 Å². The standard InChI is InChI=1S/C12H18BrNO3/c1-3-14(4-5-15)8-9-6-10(13)12(16)11(7-9)17-2/h6-7,15-16H,3-5,8H2,1-2H3. The van der Waals surface area contributed by atoms with Crippen LogP contribution in [0.5, 0.6) is 11.5 Å². The summed E-state index contributed by atoms with van der Waals surface area (Å²) in [5, 5.41) is 18.6. The molecule has 0 aliphatic carbocycles. The van der Waals surface area contributed by atoms with Crippen molar-refractivity contribution in [2.75, 3.05) is 26.8 Å². The third-order valence-corrected chi connectivity index (χ3v) is 3.18. The molecule has 17 heavy (non-hydrogen) atoms. The number of rotatable bonds is 6. The number of aliphatic hydroxyl groups excluding tert-OH is 1. The smallest absolute Gasteiger partial charge is 0.172 e. The Morgan fingerprint density at radius 3 is 2.65 bits per heavy atom. The summed E-state index contributed by atoms with van der Waals surface area (Å²) < 4.78 is 5.71. The lowest BCUT2D eigenvalue weighted by Crippen LogP contribution is -2.26. The highest BCUT2D eigenvalue weighted by Crippen LogP contribution is 2.35. The molecule has 0 heterocycles. The van der Waals surface area contributed by atoms with Crippen molar-refractivity contribution < 1.29 is 14.9 Å². The first-order valence-electron chi connectivity index (χ1n) is 5.51. The zero-order valence-corrected chi connectivity index (χ0v) is 11.7. The fourth-order valence-electron chi connectivity index (χ4n) is 1.62. The van der Waals surface area contributed by atoms with Crippen LogP contribution in [0.25, 0.3) is 0 Å². The fourth-order valence-corrected chi connectivity index (χ4v) is 2.11. The second kappa shape index (κ2) is 6.83. The van der Waals surface area contributed by atoms with Crippen molar-refractivity contribution in [3.63, 3.8) is 0 Å². The summed E-state index contributed by atoms with van der Waals surface area (Å²) in [6.45, 7) is 4.40. The van der Waals surface area contributed by atoms with Crippen molar-refractivity contribution in [1.29, 1.82) is 0 Å². The van der Waals surface area contributed by atoms with Gasteiger partial charge < -0.3 is 14.9 Å². The highest BCUT2D eigenvalue weighted by atomic mass is 79.9. The Hall–Kier alpha value is -0.780. The largest absolute Gasteiger partial charge is 0.503 e. The van der Waals surface area contributed by atoms with Gasteiger partial charge in [-0.1, -0.05) is 6.92 Å². The molecule has 0 aromatic heterocycles. The SMILES string of the molecule is CCN(CCO)Cc1cc(Br)c(O)c(OC)c1. The molecular weight excluding hydrogens is 286 g/mol. The molecule has 0 radical (unpaired) electrons. The third kappa shape index (κ3) is 3.87. The monoisotopic (exact) mass is 303 g/mol. The van der Waals surface area contributed by atoms with Gasteiger partial charge in [0.25, 0.3) is 0 Å². The molecule has 0 fully saturated rings. The highest BCUT2D eigenvalue weighted by Gasteiger charge is 2.10. The van der Waals surface area contributed by atoms with E-state index in [0.717, 1.165) is 12.1 Å². The van der Waals surface area contributed by atoms with E-state index in [0.29, 0.717) is 23.3 Å². The first-order chi connectivity index (χ1) is 8.12. The van der Waals surface area contributed by atoms with Crippen LogP contribution in [0.1, 0.15) is 12.5 Å². The Kier molecular flexibility index (Phi) is 5.74. The molecule has 96 valence electrons. The van der Waals surface area contributed by atoms with E-state index in [2.05, 4.69) is 20.8 Å². The summed E-state index contributed by atoms with van der Waals surface area (Å²) in [5.41, 5.74) is 1.03. The van der Waals surface area contributed by atoms with Crippen molar-refractivity contribution in [3.8, 4) is 11.5 Å². The summed E-state index contributed by atoms with van der Waals surface area (Å²) in [6.07, 6.45) is 0. The zero-order chi connectivity index (χ0) is 12.8. The predicted molar refractivity (Wildman–Crippen MR) is 70.4 cm³/mol. The average molecular weight is 304 g/mol. The molecule has 2 N–H and O–H groups in total. The first-order valence-corrected chi connectivity index (χ1v) is 6.30. The van der Waals surface area contributed by atoms with Gasteiger partial charge in [-0.25, -0.2) is 0 Å². The van der Waals surface area contributed by atoms with Gasteiger partial charge in [-0.2, -0.15) is 0 Å². The quantitative estimate of drug-likeness (QED) is 0.844. The number of phenols is 1. The van der Waals surface area contributed by atoms with Gasteiger partial charge in [0.2, 0.25) is 0 Å². The minimum absolute atomic E-state index is 0.112. The maximum Gasteiger partial charge on any atom is 0.172 e. The number of aliphatic hydroxyl groups is 1. The molecule has 4 nitrogen and oxygen atoms in total. The van der Waals surface area contributed by atoms with Crippen molar-refractivity contribution in [2.24, 2.45) is 0 Å². The van der Waals surface area contributed by atoms with E-state index in [1.54, 1.807) is 6.07 Å². The Bertz CT molecular complexity index is 371. The molecule has 0 unspecified atom stereocenters. The fraction of sp³-hybridized carbons (Fsp3) is 0.500. The molecule has 0 bridgehead atoms. The van der Waals surface area contributed by atoms with E-state index in [1.807, 2.05) is 13.0 Å². The van der Waals surface area contributed by atoms with E-state index < -0.39 is 0 Å². The molecule has 0 atom stereocenters. The van der Waals surface area contributed by atoms with Crippen LogP contribution in [-0.2, 0) is 6.54 Å². The Morgan fingerprint density at radius 1 is 1.41 bits per heavy atom. The molecule has 0 amide bonds. The lowest BCUT2D eigenvalue weighted by molar-refractivity contribution is 0.196. The zero-order valence-electron chi connectivity index (χ0n) is 10.1. The molecule has 1 rings (SSSR count). The molecule has 0 spiro atoms. The predicted octanol–water partition coefficient (Wildman–Crippen LogP) is 1.98. The molecule has 0 saturated heterocycles. The van der Waals surface area contributed by atoms with E-state index in [9.17, 15) is 5.11 Å². The number of ether oxygens (including phenoxy) is 1. The van der Waals surface area contributed by atoms with Gasteiger partial charge in [-0.15, -0.1) is 0 Å². The normalized spacial score (nSPS) is 10.9. The van der Waals surface area contributed by atoms with E-state index in [1.165, 1.54) is 7.11 Å². The van der Waals surface area contributed by atoms with Gasteiger partial charge in [-0.3, -0.25) is 4.90 Å². The number of phenolic OH excluding ortho intramolecular Hbond substituents is 1. The maximum atomic E-state index is 9.69. The summed E-state index contributed by atoms with van der Waals surface area (Å²) in [6, 6.07) is 3.66. The van der Waals surface area contributed by atoms with Gasteiger partial charge in [0.15, 0.2) is 11.5 Å². The third-order valence-electron chi connectivity index (χ3n) is 2.58. The Labute approximate surface area is 110 Å². The van der Waals surface area contributed by atoms with Crippen LogP contribution < -0.4 is 4.74 Å². The number of benzene rings is 1. The minimum Gasteiger partial charge on any atom is -0.503 e. The van der Waals surface area contributed by atoms with Gasteiger partial charge in [0, 0.05) is 13.1 Å². The molecule has 1 aromatic rings. The molecule has 5 heteroatoms. The van der Waals surface area contributed by atoms with Crippen LogP contribution in [0.15, 0.2) is 16.6 Å². The van der Waals surface area contributed by atoms with Crippen molar-refractivity contribution in [1.82, 2.24) is 4.90 Å². The number of likely N-dealkylation sites (N-methyl/N-ethyl adjacent to an activating group) is 1. The van der Waals surface area contributed by atoms with E-state index >= 15 is 0 Å². The number of aromatic hydroxyl groups is 1. The van der Waals surface area contributed by atoms with Crippen LogP contribution in [0.4, 0.5) is 0 Å². The number of methoxy groups -OCH3 is 1. The summed E-state index contributed by atoms with van der Waals surface area (Å²) >= 11 is 3.29. The Balaban J connectivity index is 2.87. The molecule has 0 saturated carbocycles. The van der Waals surface area contributed by atoms with E-state index in [-0.39, 0.29) is 12.4 Å². The molecule has 0 aliphatic heterocycles. The van der Waals surface area contributed by atoms with Crippen LogP contribution in [0.3, 0.4) is 0 Å². The number of hydrogen-bond acceptors (Lipinski definition) is 4. The van der Waals surface area contributed by atoms with Gasteiger partial charge in [0.1, 0.15) is 0 Å². The van der Waals surface area contributed by atoms with Crippen LogP contribution >= 0.6 is 15.9 Å². The Morgan fingerprint density at radius 2 is 2.12 bits per heavy atom. The van der Waals surface area contributed by atoms with Gasteiger partial charge in [-0.05, 0) is 40.2 Å². The molecule has 1 aromatic carbocycles. The van der Waals surface area contributed by atoms with Crippen LogP contribution in [0.2, 0.25) is 0 Å². The van der Waals surface area contributed by atoms with Gasteiger partial charge in [0.05, 0.1) is 18.2 Å². The minimum atomic E-state index is 0.112. The van der Waals surface area contributed by atoms with Crippen LogP contribution in [-0.4, -0.2) is 41.9 Å².